The van der Waals surface area contributed by atoms with Gasteiger partial charge in [0.2, 0.25) is 5.13 Å². The zero-order valence-electron chi connectivity index (χ0n) is 11.6. The van der Waals surface area contributed by atoms with Crippen LogP contribution in [0.3, 0.4) is 0 Å². The van der Waals surface area contributed by atoms with E-state index in [4.69, 9.17) is 0 Å². The summed E-state index contributed by atoms with van der Waals surface area (Å²) in [6.07, 6.45) is 1.01. The zero-order chi connectivity index (χ0) is 14.7. The van der Waals surface area contributed by atoms with Crippen LogP contribution in [-0.4, -0.2) is 31.4 Å². The molecule has 0 unspecified atom stereocenters. The fraction of sp³-hybridized carbons (Fsp3) is 0.545. The second-order valence-electron chi connectivity index (χ2n) is 4.36. The van der Waals surface area contributed by atoms with Gasteiger partial charge in [-0.25, -0.2) is 0 Å². The van der Waals surface area contributed by atoms with Crippen molar-refractivity contribution in [3.63, 3.8) is 0 Å². The maximum atomic E-state index is 10.9. The summed E-state index contributed by atoms with van der Waals surface area (Å²) >= 11 is 1.44. The third kappa shape index (κ3) is 2.93. The van der Waals surface area contributed by atoms with Crippen LogP contribution in [0.2, 0.25) is 0 Å². The van der Waals surface area contributed by atoms with Gasteiger partial charge in [-0.3, -0.25) is 14.8 Å². The summed E-state index contributed by atoms with van der Waals surface area (Å²) in [5, 5.41) is 27.9. The number of rotatable bonds is 6. The first-order valence-electron chi connectivity index (χ1n) is 6.27. The Kier molecular flexibility index (Phi) is 4.28. The van der Waals surface area contributed by atoms with E-state index in [2.05, 4.69) is 27.5 Å². The number of nitrogens with zero attached hydrogens (tertiary/aromatic N) is 5. The maximum absolute atomic E-state index is 10.9. The summed E-state index contributed by atoms with van der Waals surface area (Å²) in [6.45, 7) is 6.64. The number of nitro groups is 1. The van der Waals surface area contributed by atoms with Crippen LogP contribution in [0.25, 0.3) is 0 Å². The summed E-state index contributed by atoms with van der Waals surface area (Å²) in [4.78, 5) is 10.5. The zero-order valence-corrected chi connectivity index (χ0v) is 12.4. The minimum Gasteiger partial charge on any atom is -0.360 e. The lowest BCUT2D eigenvalue weighted by molar-refractivity contribution is -0.386. The van der Waals surface area contributed by atoms with Gasteiger partial charge in [-0.15, -0.1) is 10.2 Å². The van der Waals surface area contributed by atoms with Gasteiger partial charge in [0.15, 0.2) is 0 Å². The summed E-state index contributed by atoms with van der Waals surface area (Å²) in [5.74, 6) is 0. The van der Waals surface area contributed by atoms with Gasteiger partial charge in [0, 0.05) is 6.54 Å². The van der Waals surface area contributed by atoms with Crippen LogP contribution in [0.1, 0.15) is 29.7 Å². The average Bonchev–Trinajstić information content (AvgIpc) is 2.93. The van der Waals surface area contributed by atoms with Crippen molar-refractivity contribution in [1.82, 2.24) is 20.0 Å². The van der Waals surface area contributed by atoms with Crippen LogP contribution in [0.5, 0.6) is 0 Å². The molecule has 108 valence electrons. The van der Waals surface area contributed by atoms with Crippen molar-refractivity contribution < 1.29 is 4.92 Å². The molecule has 2 rings (SSSR count). The minimum absolute atomic E-state index is 0.0684. The smallest absolute Gasteiger partial charge is 0.312 e. The van der Waals surface area contributed by atoms with Gasteiger partial charge in [-0.05, 0) is 20.3 Å². The van der Waals surface area contributed by atoms with Crippen LogP contribution in [0, 0.1) is 24.0 Å². The van der Waals surface area contributed by atoms with E-state index in [9.17, 15) is 10.1 Å². The predicted octanol–water partition coefficient (Wildman–Crippen LogP) is 2.13. The van der Waals surface area contributed by atoms with Crippen molar-refractivity contribution in [2.24, 2.45) is 0 Å². The lowest BCUT2D eigenvalue weighted by Gasteiger charge is -1.99. The molecule has 2 aromatic heterocycles. The first-order valence-corrected chi connectivity index (χ1v) is 7.09. The van der Waals surface area contributed by atoms with E-state index in [0.29, 0.717) is 17.9 Å². The Morgan fingerprint density at radius 1 is 1.40 bits per heavy atom. The number of anilines is 1. The van der Waals surface area contributed by atoms with Gasteiger partial charge < -0.3 is 5.32 Å². The van der Waals surface area contributed by atoms with Crippen molar-refractivity contribution >= 4 is 22.2 Å². The molecule has 0 saturated heterocycles. The molecule has 0 amide bonds. The minimum atomic E-state index is -0.400. The number of hydrogen-bond donors (Lipinski definition) is 1. The topological polar surface area (TPSA) is 98.8 Å². The average molecular weight is 296 g/mol. The van der Waals surface area contributed by atoms with Gasteiger partial charge >= 0.3 is 5.69 Å². The Morgan fingerprint density at radius 2 is 2.15 bits per heavy atom. The molecule has 0 fully saturated rings. The quantitative estimate of drug-likeness (QED) is 0.647. The van der Waals surface area contributed by atoms with Crippen molar-refractivity contribution in [2.45, 2.75) is 33.7 Å². The lowest BCUT2D eigenvalue weighted by Crippen LogP contribution is -2.04. The summed E-state index contributed by atoms with van der Waals surface area (Å²) in [5.41, 5.74) is 1.02. The van der Waals surface area contributed by atoms with E-state index in [1.807, 2.05) is 0 Å². The molecule has 2 aromatic rings. The molecule has 8 nitrogen and oxygen atoms in total. The van der Waals surface area contributed by atoms with Crippen molar-refractivity contribution in [3.8, 4) is 0 Å². The summed E-state index contributed by atoms with van der Waals surface area (Å²) in [6, 6.07) is 0. The number of nitrogens with one attached hydrogen (secondary N) is 1. The molecular weight excluding hydrogens is 280 g/mol. The van der Waals surface area contributed by atoms with Crippen molar-refractivity contribution in [2.75, 3.05) is 11.9 Å². The van der Waals surface area contributed by atoms with Gasteiger partial charge in [0.05, 0.1) is 11.5 Å². The molecule has 0 saturated carbocycles. The molecule has 0 spiro atoms. The molecule has 0 aliphatic heterocycles. The molecule has 0 aliphatic carbocycles. The van der Waals surface area contributed by atoms with Gasteiger partial charge in [0.25, 0.3) is 0 Å². The summed E-state index contributed by atoms with van der Waals surface area (Å²) < 4.78 is 1.59. The maximum Gasteiger partial charge on any atom is 0.312 e. The Morgan fingerprint density at radius 3 is 2.75 bits per heavy atom. The highest BCUT2D eigenvalue weighted by atomic mass is 32.1. The molecule has 9 heteroatoms. The molecule has 0 radical (unpaired) electrons. The molecule has 0 aromatic carbocycles. The predicted molar refractivity (Wildman–Crippen MR) is 76.1 cm³/mol. The van der Waals surface area contributed by atoms with E-state index < -0.39 is 4.92 Å². The fourth-order valence-electron chi connectivity index (χ4n) is 1.85. The van der Waals surface area contributed by atoms with Gasteiger partial charge in [-0.2, -0.15) is 5.10 Å². The molecular formula is C11H16N6O2S. The first-order chi connectivity index (χ1) is 9.52. The van der Waals surface area contributed by atoms with E-state index in [1.165, 1.54) is 11.3 Å². The van der Waals surface area contributed by atoms with Gasteiger partial charge in [0.1, 0.15) is 16.4 Å². The Labute approximate surface area is 120 Å². The van der Waals surface area contributed by atoms with E-state index in [-0.39, 0.29) is 5.69 Å². The second kappa shape index (κ2) is 5.95. The standard InChI is InChI=1S/C11H16N6O2S/c1-4-5-12-11-14-13-9(20-11)6-16-8(3)10(17(18)19)7(2)15-16/h4-6H2,1-3H3,(H,12,14). The largest absolute Gasteiger partial charge is 0.360 e. The number of hydrogen-bond acceptors (Lipinski definition) is 7. The monoisotopic (exact) mass is 296 g/mol. The van der Waals surface area contributed by atoms with Crippen LogP contribution >= 0.6 is 11.3 Å². The van der Waals surface area contributed by atoms with Crippen molar-refractivity contribution in [1.29, 1.82) is 0 Å². The lowest BCUT2D eigenvalue weighted by atomic mass is 10.3. The SMILES string of the molecule is CCCNc1nnc(Cn2nc(C)c([N+](=O)[O-])c2C)s1. The van der Waals surface area contributed by atoms with E-state index in [0.717, 1.165) is 23.1 Å². The van der Waals surface area contributed by atoms with Crippen LogP contribution in [0.15, 0.2) is 0 Å². The molecule has 0 bridgehead atoms. The molecule has 1 N–H and O–H groups in total. The van der Waals surface area contributed by atoms with E-state index >= 15 is 0 Å². The van der Waals surface area contributed by atoms with E-state index in [1.54, 1.807) is 18.5 Å². The fourth-order valence-corrected chi connectivity index (χ4v) is 2.60. The number of aromatic nitrogens is 4. The Hall–Kier alpha value is -2.03. The third-order valence-corrected chi connectivity index (χ3v) is 3.67. The molecule has 0 atom stereocenters. The second-order valence-corrected chi connectivity index (χ2v) is 5.42. The van der Waals surface area contributed by atoms with Crippen molar-refractivity contribution in [3.05, 3.63) is 26.5 Å². The van der Waals surface area contributed by atoms with Crippen LogP contribution in [0.4, 0.5) is 10.8 Å². The molecule has 20 heavy (non-hydrogen) atoms. The third-order valence-electron chi connectivity index (χ3n) is 2.80. The number of aryl methyl sites for hydroxylation is 1. The highest BCUT2D eigenvalue weighted by molar-refractivity contribution is 7.15. The Balaban J connectivity index is 2.16. The Bertz CT molecular complexity index is 620. The van der Waals surface area contributed by atoms with Crippen LogP contribution in [-0.2, 0) is 6.54 Å². The molecule has 2 heterocycles. The normalized spacial score (nSPS) is 10.8. The highest BCUT2D eigenvalue weighted by Crippen LogP contribution is 2.23. The summed E-state index contributed by atoms with van der Waals surface area (Å²) in [7, 11) is 0. The highest BCUT2D eigenvalue weighted by Gasteiger charge is 2.22. The van der Waals surface area contributed by atoms with Gasteiger partial charge in [-0.1, -0.05) is 18.3 Å². The molecule has 0 aliphatic rings. The first kappa shape index (κ1) is 14.4. The van der Waals surface area contributed by atoms with Crippen LogP contribution < -0.4 is 5.32 Å².